The zero-order valence-electron chi connectivity index (χ0n) is 7.76. The van der Waals surface area contributed by atoms with Crippen molar-refractivity contribution < 1.29 is 31.8 Å². The number of rotatable bonds is 3. The van der Waals surface area contributed by atoms with E-state index in [-0.39, 0.29) is 5.56 Å². The fraction of sp³-hybridized carbons (Fsp3) is 0.333. The highest BCUT2D eigenvalue weighted by Crippen LogP contribution is 2.33. The Morgan fingerprint density at radius 1 is 1.25 bits per heavy atom. The fourth-order valence-corrected chi connectivity index (χ4v) is 1.08. The van der Waals surface area contributed by atoms with Crippen LogP contribution in [0.4, 0.5) is 22.0 Å². The van der Waals surface area contributed by atoms with Gasteiger partial charge in [0.15, 0.2) is 0 Å². The van der Waals surface area contributed by atoms with E-state index in [0.717, 1.165) is 18.2 Å². The lowest BCUT2D eigenvalue weighted by Gasteiger charge is -2.13. The summed E-state index contributed by atoms with van der Waals surface area (Å²) in [6.45, 7) is -0.536. The molecule has 1 N–H and O–H groups in total. The Hall–Kier alpha value is -1.37. The van der Waals surface area contributed by atoms with Crippen molar-refractivity contribution in [2.24, 2.45) is 0 Å². The maximum atomic E-state index is 12.4. The van der Waals surface area contributed by atoms with Gasteiger partial charge in [0.1, 0.15) is 5.75 Å². The Morgan fingerprint density at radius 3 is 2.31 bits per heavy atom. The van der Waals surface area contributed by atoms with E-state index in [1.165, 1.54) is 0 Å². The van der Waals surface area contributed by atoms with Crippen LogP contribution in [0.5, 0.6) is 5.75 Å². The van der Waals surface area contributed by atoms with Gasteiger partial charge in [-0.15, -0.1) is 13.2 Å². The van der Waals surface area contributed by atoms with Crippen molar-refractivity contribution in [2.45, 2.75) is 19.4 Å². The number of ether oxygens (including phenoxy) is 1. The Balaban J connectivity index is 3.08. The maximum absolute atomic E-state index is 12.4. The Morgan fingerprint density at radius 2 is 1.88 bits per heavy atom. The average molecular weight is 242 g/mol. The molecule has 0 saturated heterocycles. The lowest BCUT2D eigenvalue weighted by Crippen LogP contribution is -2.18. The molecule has 0 radical (unpaired) electrons. The minimum absolute atomic E-state index is 0.0878. The second-order valence-corrected chi connectivity index (χ2v) is 2.88. The summed E-state index contributed by atoms with van der Waals surface area (Å²) in [7, 11) is 0. The number of hydrogen-bond acceptors (Lipinski definition) is 2. The van der Waals surface area contributed by atoms with Crippen LogP contribution in [0.2, 0.25) is 0 Å². The van der Waals surface area contributed by atoms with Crippen LogP contribution < -0.4 is 4.74 Å². The lowest BCUT2D eigenvalue weighted by molar-refractivity contribution is -0.275. The quantitative estimate of drug-likeness (QED) is 0.825. The van der Waals surface area contributed by atoms with E-state index in [9.17, 15) is 22.0 Å². The van der Waals surface area contributed by atoms with E-state index in [4.69, 9.17) is 5.11 Å². The van der Waals surface area contributed by atoms with Crippen LogP contribution in [0.15, 0.2) is 18.2 Å². The zero-order valence-corrected chi connectivity index (χ0v) is 7.76. The van der Waals surface area contributed by atoms with E-state index in [0.29, 0.717) is 0 Å². The molecule has 0 heterocycles. The number of halogens is 5. The van der Waals surface area contributed by atoms with Crippen LogP contribution in [0.3, 0.4) is 0 Å². The summed E-state index contributed by atoms with van der Waals surface area (Å²) in [6.07, 6.45) is -8.13. The van der Waals surface area contributed by atoms with Gasteiger partial charge in [-0.2, -0.15) is 0 Å². The van der Waals surface area contributed by atoms with E-state index in [1.807, 2.05) is 0 Å². The third-order valence-electron chi connectivity index (χ3n) is 1.72. The largest absolute Gasteiger partial charge is 0.573 e. The van der Waals surface area contributed by atoms with Crippen molar-refractivity contribution in [3.63, 3.8) is 0 Å². The molecule has 0 bridgehead atoms. The number of aliphatic hydroxyl groups is 1. The van der Waals surface area contributed by atoms with Crippen molar-refractivity contribution in [3.8, 4) is 5.75 Å². The van der Waals surface area contributed by atoms with Gasteiger partial charge in [0, 0.05) is 0 Å². The Bertz CT molecular complexity index is 361. The van der Waals surface area contributed by atoms with Crippen molar-refractivity contribution in [1.29, 1.82) is 0 Å². The first-order chi connectivity index (χ1) is 7.33. The molecule has 0 unspecified atom stereocenters. The molecule has 90 valence electrons. The summed E-state index contributed by atoms with van der Waals surface area (Å²) in [5.41, 5.74) is -0.811. The van der Waals surface area contributed by atoms with Gasteiger partial charge in [-0.25, -0.2) is 8.78 Å². The highest BCUT2D eigenvalue weighted by Gasteiger charge is 2.33. The number of alkyl halides is 5. The number of hydrogen-bond donors (Lipinski definition) is 1. The van der Waals surface area contributed by atoms with Gasteiger partial charge in [-0.05, 0) is 17.7 Å². The van der Waals surface area contributed by atoms with Crippen LogP contribution in [0, 0.1) is 0 Å². The Kier molecular flexibility index (Phi) is 3.69. The van der Waals surface area contributed by atoms with Gasteiger partial charge in [0.05, 0.1) is 12.2 Å². The van der Waals surface area contributed by atoms with Crippen molar-refractivity contribution in [3.05, 3.63) is 29.3 Å². The molecule has 0 aromatic heterocycles. The van der Waals surface area contributed by atoms with E-state index in [1.54, 1.807) is 0 Å². The third-order valence-corrected chi connectivity index (χ3v) is 1.72. The zero-order chi connectivity index (χ0) is 12.3. The van der Waals surface area contributed by atoms with Crippen LogP contribution in [0.25, 0.3) is 0 Å². The molecule has 7 heteroatoms. The molecule has 0 amide bonds. The van der Waals surface area contributed by atoms with Crippen LogP contribution in [0.1, 0.15) is 17.6 Å². The molecule has 1 aromatic rings. The molecule has 0 fully saturated rings. The number of benzene rings is 1. The van der Waals surface area contributed by atoms with E-state index >= 15 is 0 Å². The van der Waals surface area contributed by atoms with Gasteiger partial charge in [-0.3, -0.25) is 0 Å². The summed E-state index contributed by atoms with van der Waals surface area (Å²) in [5.74, 6) is -0.959. The van der Waals surface area contributed by atoms with Gasteiger partial charge in [-0.1, -0.05) is 6.07 Å². The molecule has 0 aliphatic carbocycles. The van der Waals surface area contributed by atoms with Crippen molar-refractivity contribution >= 4 is 0 Å². The minimum Gasteiger partial charge on any atom is -0.405 e. The maximum Gasteiger partial charge on any atom is 0.573 e. The van der Waals surface area contributed by atoms with E-state index < -0.39 is 30.7 Å². The molecular weight excluding hydrogens is 235 g/mol. The standard InChI is InChI=1S/C9H7F5O2/c10-8(11)6-3-5(4-15)1-2-7(6)16-9(12,13)14/h1-3,8,15H,4H2. The van der Waals surface area contributed by atoms with Crippen LogP contribution in [-0.4, -0.2) is 11.5 Å². The number of aliphatic hydroxyl groups excluding tert-OH is 1. The first kappa shape index (κ1) is 12.7. The first-order valence-corrected chi connectivity index (χ1v) is 4.11. The molecule has 1 rings (SSSR count). The predicted octanol–water partition coefficient (Wildman–Crippen LogP) is 3.02. The average Bonchev–Trinajstić information content (AvgIpc) is 2.15. The van der Waals surface area contributed by atoms with Crippen molar-refractivity contribution in [2.75, 3.05) is 0 Å². The molecule has 16 heavy (non-hydrogen) atoms. The molecule has 2 nitrogen and oxygen atoms in total. The smallest absolute Gasteiger partial charge is 0.405 e. The van der Waals surface area contributed by atoms with Crippen LogP contribution >= 0.6 is 0 Å². The summed E-state index contributed by atoms with van der Waals surface area (Å²) < 4.78 is 63.8. The minimum atomic E-state index is -5.02. The second-order valence-electron chi connectivity index (χ2n) is 2.88. The van der Waals surface area contributed by atoms with Gasteiger partial charge < -0.3 is 9.84 Å². The van der Waals surface area contributed by atoms with E-state index in [2.05, 4.69) is 4.74 Å². The van der Waals surface area contributed by atoms with Gasteiger partial charge >= 0.3 is 6.36 Å². The topological polar surface area (TPSA) is 29.5 Å². The molecule has 0 spiro atoms. The molecule has 0 aliphatic heterocycles. The van der Waals surface area contributed by atoms with Gasteiger partial charge in [0.2, 0.25) is 0 Å². The van der Waals surface area contributed by atoms with Crippen molar-refractivity contribution in [1.82, 2.24) is 0 Å². The highest BCUT2D eigenvalue weighted by molar-refractivity contribution is 5.38. The SMILES string of the molecule is OCc1ccc(OC(F)(F)F)c(C(F)F)c1. The summed E-state index contributed by atoms with van der Waals surface area (Å²) in [4.78, 5) is 0. The van der Waals surface area contributed by atoms with Crippen LogP contribution in [-0.2, 0) is 6.61 Å². The second kappa shape index (κ2) is 4.65. The van der Waals surface area contributed by atoms with Gasteiger partial charge in [0.25, 0.3) is 6.43 Å². The highest BCUT2D eigenvalue weighted by atomic mass is 19.4. The molecule has 0 aliphatic rings. The molecule has 0 atom stereocenters. The molecule has 0 saturated carbocycles. The Labute approximate surface area is 87.3 Å². The summed E-state index contributed by atoms with van der Waals surface area (Å²) in [6, 6.07) is 2.60. The summed E-state index contributed by atoms with van der Waals surface area (Å²) >= 11 is 0. The lowest BCUT2D eigenvalue weighted by atomic mass is 10.1. The molecular formula is C9H7F5O2. The normalized spacial score (nSPS) is 11.9. The molecule has 1 aromatic carbocycles. The summed E-state index contributed by atoms with van der Waals surface area (Å²) in [5, 5.41) is 8.66. The third kappa shape index (κ3) is 3.34. The first-order valence-electron chi connectivity index (χ1n) is 4.11. The fourth-order valence-electron chi connectivity index (χ4n) is 1.08. The predicted molar refractivity (Wildman–Crippen MR) is 44.0 cm³/mol. The monoisotopic (exact) mass is 242 g/mol.